The minimum Gasteiger partial charge on any atom is -0.492 e. The summed E-state index contributed by atoms with van der Waals surface area (Å²) in [6.45, 7) is 2.95. The van der Waals surface area contributed by atoms with Crippen LogP contribution >= 0.6 is 24.0 Å². The number of sulfonamides is 1. The van der Waals surface area contributed by atoms with Crippen molar-refractivity contribution in [2.24, 2.45) is 4.99 Å². The molecule has 1 aromatic rings. The first kappa shape index (κ1) is 18.8. The highest BCUT2D eigenvalue weighted by Gasteiger charge is 2.03. The van der Waals surface area contributed by atoms with Crippen LogP contribution in [0.2, 0.25) is 0 Å². The topological polar surface area (TPSA) is 91.8 Å². The minimum atomic E-state index is -3.24. The first-order valence-corrected chi connectivity index (χ1v) is 8.65. The van der Waals surface area contributed by atoms with Crippen molar-refractivity contribution in [1.82, 2.24) is 10.6 Å². The van der Waals surface area contributed by atoms with Gasteiger partial charge in [0.1, 0.15) is 12.4 Å². The summed E-state index contributed by atoms with van der Waals surface area (Å²) in [5.41, 5.74) is 0.517. The highest BCUT2D eigenvalue weighted by atomic mass is 127. The molecule has 0 atom stereocenters. The van der Waals surface area contributed by atoms with Crippen LogP contribution < -0.4 is 20.1 Å². The molecule has 1 aliphatic heterocycles. The van der Waals surface area contributed by atoms with E-state index < -0.39 is 10.0 Å². The van der Waals surface area contributed by atoms with Gasteiger partial charge in [0.2, 0.25) is 10.0 Å². The van der Waals surface area contributed by atoms with Gasteiger partial charge in [-0.2, -0.15) is 0 Å². The zero-order chi connectivity index (χ0) is 15.1. The van der Waals surface area contributed by atoms with E-state index in [2.05, 4.69) is 20.3 Å². The summed E-state index contributed by atoms with van der Waals surface area (Å²) in [5.74, 6) is 1.51. The van der Waals surface area contributed by atoms with Gasteiger partial charge in [0, 0.05) is 18.8 Å². The standard InChI is InChI=1S/C13H20N4O3S.HI/c1-21(18,19)17-11-3-5-12(6-4-11)20-10-9-16-13-14-7-2-8-15-13;/h3-6,17H,2,7-10H2,1H3,(H2,14,15,16);1H. The van der Waals surface area contributed by atoms with Gasteiger partial charge in [-0.3, -0.25) is 9.71 Å². The largest absolute Gasteiger partial charge is 0.492 e. The molecule has 0 spiro atoms. The molecule has 0 radical (unpaired) electrons. The number of aliphatic imine (C=N–C) groups is 1. The molecule has 3 N–H and O–H groups in total. The van der Waals surface area contributed by atoms with E-state index in [1.165, 1.54) is 0 Å². The number of nitrogens with one attached hydrogen (secondary N) is 3. The van der Waals surface area contributed by atoms with Gasteiger partial charge in [0.25, 0.3) is 0 Å². The number of hydrogen-bond donors (Lipinski definition) is 3. The smallest absolute Gasteiger partial charge is 0.229 e. The Morgan fingerprint density at radius 1 is 1.32 bits per heavy atom. The van der Waals surface area contributed by atoms with Crippen molar-refractivity contribution in [3.05, 3.63) is 24.3 Å². The van der Waals surface area contributed by atoms with Crippen molar-refractivity contribution in [3.8, 4) is 5.75 Å². The first-order valence-electron chi connectivity index (χ1n) is 6.76. The average Bonchev–Trinajstić information content (AvgIpc) is 2.45. The molecule has 22 heavy (non-hydrogen) atoms. The van der Waals surface area contributed by atoms with Gasteiger partial charge in [-0.05, 0) is 30.7 Å². The third kappa shape index (κ3) is 7.16. The average molecular weight is 440 g/mol. The number of halogens is 1. The normalized spacial score (nSPS) is 14.1. The van der Waals surface area contributed by atoms with E-state index in [1.54, 1.807) is 24.3 Å². The Morgan fingerprint density at radius 3 is 2.64 bits per heavy atom. The summed E-state index contributed by atoms with van der Waals surface area (Å²) in [4.78, 5) is 4.29. The van der Waals surface area contributed by atoms with Crippen molar-refractivity contribution >= 4 is 45.6 Å². The summed E-state index contributed by atoms with van der Waals surface area (Å²) in [6.07, 6.45) is 2.18. The number of guanidine groups is 1. The molecular weight excluding hydrogens is 419 g/mol. The highest BCUT2D eigenvalue weighted by Crippen LogP contribution is 2.16. The van der Waals surface area contributed by atoms with Crippen LogP contribution in [0.3, 0.4) is 0 Å². The molecule has 7 nitrogen and oxygen atoms in total. The molecule has 1 heterocycles. The van der Waals surface area contributed by atoms with Crippen molar-refractivity contribution < 1.29 is 13.2 Å². The van der Waals surface area contributed by atoms with E-state index in [1.807, 2.05) is 0 Å². The Morgan fingerprint density at radius 2 is 2.05 bits per heavy atom. The minimum absolute atomic E-state index is 0. The van der Waals surface area contributed by atoms with Crippen molar-refractivity contribution in [2.45, 2.75) is 6.42 Å². The lowest BCUT2D eigenvalue weighted by molar-refractivity contribution is 0.322. The summed E-state index contributed by atoms with van der Waals surface area (Å²) in [6, 6.07) is 6.78. The van der Waals surface area contributed by atoms with E-state index in [4.69, 9.17) is 4.74 Å². The molecule has 0 aliphatic carbocycles. The molecular formula is C13H21IN4O3S. The Hall–Kier alpha value is -1.23. The molecule has 2 rings (SSSR count). The lowest BCUT2D eigenvalue weighted by Gasteiger charge is -2.16. The molecule has 1 aromatic carbocycles. The third-order valence-corrected chi connectivity index (χ3v) is 3.32. The van der Waals surface area contributed by atoms with Crippen LogP contribution in [0.4, 0.5) is 5.69 Å². The van der Waals surface area contributed by atoms with E-state index in [0.717, 1.165) is 31.7 Å². The Bertz CT molecular complexity index is 590. The van der Waals surface area contributed by atoms with Gasteiger partial charge in [-0.25, -0.2) is 8.42 Å². The van der Waals surface area contributed by atoms with Crippen molar-refractivity contribution in [1.29, 1.82) is 0 Å². The van der Waals surface area contributed by atoms with Crippen LogP contribution in [0.25, 0.3) is 0 Å². The van der Waals surface area contributed by atoms with Gasteiger partial charge in [-0.1, -0.05) is 0 Å². The summed E-state index contributed by atoms with van der Waals surface area (Å²) >= 11 is 0. The van der Waals surface area contributed by atoms with Crippen LogP contribution in [0, 0.1) is 0 Å². The van der Waals surface area contributed by atoms with Gasteiger partial charge in [0.15, 0.2) is 5.96 Å². The van der Waals surface area contributed by atoms with Gasteiger partial charge in [-0.15, -0.1) is 24.0 Å². The second-order valence-electron chi connectivity index (χ2n) is 4.68. The second-order valence-corrected chi connectivity index (χ2v) is 6.43. The Balaban J connectivity index is 0.00000242. The summed E-state index contributed by atoms with van der Waals surface area (Å²) in [5, 5.41) is 6.32. The van der Waals surface area contributed by atoms with E-state index in [-0.39, 0.29) is 24.0 Å². The second kappa shape index (κ2) is 9.03. The predicted octanol–water partition coefficient (Wildman–Crippen LogP) is 0.994. The molecule has 0 amide bonds. The molecule has 0 saturated heterocycles. The summed E-state index contributed by atoms with van der Waals surface area (Å²) < 4.78 is 30.1. The van der Waals surface area contributed by atoms with E-state index in [0.29, 0.717) is 24.6 Å². The predicted molar refractivity (Wildman–Crippen MR) is 98.7 cm³/mol. The van der Waals surface area contributed by atoms with Crippen molar-refractivity contribution in [3.63, 3.8) is 0 Å². The lowest BCUT2D eigenvalue weighted by atomic mass is 10.3. The van der Waals surface area contributed by atoms with Crippen LogP contribution in [0.1, 0.15) is 6.42 Å². The van der Waals surface area contributed by atoms with Gasteiger partial charge < -0.3 is 15.4 Å². The van der Waals surface area contributed by atoms with Crippen LogP contribution in [-0.2, 0) is 10.0 Å². The van der Waals surface area contributed by atoms with Gasteiger partial charge in [0.05, 0.1) is 12.8 Å². The SMILES string of the molecule is CS(=O)(=O)Nc1ccc(OCCNC2=NCCCN2)cc1.I. The van der Waals surface area contributed by atoms with E-state index in [9.17, 15) is 8.42 Å². The number of hydrogen-bond acceptors (Lipinski definition) is 6. The molecule has 124 valence electrons. The quantitative estimate of drug-likeness (QED) is 0.454. The molecule has 0 aromatic heterocycles. The Kier molecular flexibility index (Phi) is 7.73. The number of nitrogens with zero attached hydrogens (tertiary/aromatic N) is 1. The molecule has 0 saturated carbocycles. The number of anilines is 1. The zero-order valence-corrected chi connectivity index (χ0v) is 15.5. The fourth-order valence-electron chi connectivity index (χ4n) is 1.82. The molecule has 0 bridgehead atoms. The first-order chi connectivity index (χ1) is 10.0. The molecule has 0 fully saturated rings. The van der Waals surface area contributed by atoms with E-state index >= 15 is 0 Å². The monoisotopic (exact) mass is 440 g/mol. The van der Waals surface area contributed by atoms with Crippen LogP contribution in [-0.4, -0.2) is 46.9 Å². The Labute approximate surface area is 148 Å². The molecule has 0 unspecified atom stereocenters. The van der Waals surface area contributed by atoms with Crippen molar-refractivity contribution in [2.75, 3.05) is 37.2 Å². The van der Waals surface area contributed by atoms with Crippen LogP contribution in [0.15, 0.2) is 29.3 Å². The highest BCUT2D eigenvalue weighted by molar-refractivity contribution is 14.0. The number of benzene rings is 1. The maximum Gasteiger partial charge on any atom is 0.229 e. The fourth-order valence-corrected chi connectivity index (χ4v) is 2.39. The zero-order valence-electron chi connectivity index (χ0n) is 12.3. The molecule has 9 heteroatoms. The lowest BCUT2D eigenvalue weighted by Crippen LogP contribution is -2.42. The molecule has 1 aliphatic rings. The summed E-state index contributed by atoms with van der Waals surface area (Å²) in [7, 11) is -3.24. The maximum absolute atomic E-state index is 11.1. The fraction of sp³-hybridized carbons (Fsp3) is 0.462. The third-order valence-electron chi connectivity index (χ3n) is 2.72. The van der Waals surface area contributed by atoms with Gasteiger partial charge >= 0.3 is 0 Å². The maximum atomic E-state index is 11.1. The number of rotatable bonds is 6. The number of ether oxygens (including phenoxy) is 1. The van der Waals surface area contributed by atoms with Crippen LogP contribution in [0.5, 0.6) is 5.75 Å².